The molecule has 1 fully saturated rings. The summed E-state index contributed by atoms with van der Waals surface area (Å²) in [6.07, 6.45) is 1.58. The van der Waals surface area contributed by atoms with Crippen LogP contribution in [0.4, 0.5) is 0 Å². The molecule has 0 spiro atoms. The van der Waals surface area contributed by atoms with E-state index in [4.69, 9.17) is 0 Å². The second-order valence-corrected chi connectivity index (χ2v) is 7.29. The second-order valence-electron chi connectivity index (χ2n) is 6.18. The van der Waals surface area contributed by atoms with Crippen molar-refractivity contribution in [3.63, 3.8) is 0 Å². The fourth-order valence-corrected chi connectivity index (χ4v) is 3.91. The lowest BCUT2D eigenvalue weighted by atomic mass is 9.85. The third-order valence-corrected chi connectivity index (χ3v) is 5.56. The maximum atomic E-state index is 10.8. The molecule has 0 aliphatic carbocycles. The van der Waals surface area contributed by atoms with Gasteiger partial charge in [0.15, 0.2) is 0 Å². The van der Waals surface area contributed by atoms with Crippen molar-refractivity contribution in [2.45, 2.75) is 42.1 Å². The lowest BCUT2D eigenvalue weighted by Crippen LogP contribution is -2.39. The fourth-order valence-electron chi connectivity index (χ4n) is 2.91. The van der Waals surface area contributed by atoms with Crippen LogP contribution >= 0.6 is 11.8 Å². The highest BCUT2D eigenvalue weighted by molar-refractivity contribution is 7.99. The summed E-state index contributed by atoms with van der Waals surface area (Å²) in [4.78, 5) is 2.52. The zero-order valence-electron chi connectivity index (χ0n) is 13.2. The molecule has 0 unspecified atom stereocenters. The molecule has 116 valence electrons. The molecule has 1 heterocycles. The largest absolute Gasteiger partial charge is 0.385 e. The van der Waals surface area contributed by atoms with Crippen molar-refractivity contribution in [2.24, 2.45) is 0 Å². The Morgan fingerprint density at radius 2 is 1.68 bits per heavy atom. The van der Waals surface area contributed by atoms with Crippen molar-refractivity contribution in [2.75, 3.05) is 13.1 Å². The smallest absolute Gasteiger partial charge is 0.0920 e. The summed E-state index contributed by atoms with van der Waals surface area (Å²) in [6.45, 7) is 6.04. The minimum atomic E-state index is -0.659. The average Bonchev–Trinajstić information content (AvgIpc) is 2.52. The van der Waals surface area contributed by atoms with Gasteiger partial charge in [-0.3, -0.25) is 0 Å². The van der Waals surface area contributed by atoms with Gasteiger partial charge in [-0.15, -0.1) is 0 Å². The summed E-state index contributed by atoms with van der Waals surface area (Å²) in [7, 11) is 0. The molecule has 0 amide bonds. The number of aryl methyl sites for hydroxylation is 2. The first kappa shape index (κ1) is 15.6. The van der Waals surface area contributed by atoms with Crippen molar-refractivity contribution in [3.05, 3.63) is 59.2 Å². The van der Waals surface area contributed by atoms with Gasteiger partial charge in [-0.1, -0.05) is 36.0 Å². The third kappa shape index (κ3) is 3.37. The Balaban J connectivity index is 1.78. The lowest BCUT2D eigenvalue weighted by Gasteiger charge is -2.33. The van der Waals surface area contributed by atoms with Gasteiger partial charge in [0.25, 0.3) is 0 Å². The van der Waals surface area contributed by atoms with Gasteiger partial charge in [0.05, 0.1) is 5.60 Å². The number of hydrogen-bond acceptors (Lipinski definition) is 3. The first-order valence-corrected chi connectivity index (χ1v) is 8.67. The Labute approximate surface area is 137 Å². The van der Waals surface area contributed by atoms with Crippen LogP contribution in [0.15, 0.2) is 52.3 Å². The van der Waals surface area contributed by atoms with Gasteiger partial charge in [-0.2, -0.15) is 0 Å². The first-order chi connectivity index (χ1) is 10.6. The normalized spacial score (nSPS) is 17.4. The van der Waals surface area contributed by atoms with E-state index >= 15 is 0 Å². The fraction of sp³-hybridized carbons (Fsp3) is 0.368. The van der Waals surface area contributed by atoms with E-state index in [2.05, 4.69) is 61.6 Å². The van der Waals surface area contributed by atoms with Gasteiger partial charge < -0.3 is 10.4 Å². The van der Waals surface area contributed by atoms with Crippen LogP contribution in [0.3, 0.4) is 0 Å². The molecule has 0 radical (unpaired) electrons. The first-order valence-electron chi connectivity index (χ1n) is 7.86. The molecular formula is C19H23NOS. The minimum Gasteiger partial charge on any atom is -0.385 e. The van der Waals surface area contributed by atoms with E-state index in [1.54, 1.807) is 11.8 Å². The Morgan fingerprint density at radius 1 is 1.00 bits per heavy atom. The van der Waals surface area contributed by atoms with E-state index in [-0.39, 0.29) is 0 Å². The van der Waals surface area contributed by atoms with Gasteiger partial charge in [-0.25, -0.2) is 0 Å². The summed E-state index contributed by atoms with van der Waals surface area (Å²) in [5.74, 6) is 0. The van der Waals surface area contributed by atoms with Crippen LogP contribution in [0.1, 0.15) is 29.5 Å². The van der Waals surface area contributed by atoms with E-state index in [1.807, 2.05) is 0 Å². The summed E-state index contributed by atoms with van der Waals surface area (Å²) in [5, 5.41) is 14.1. The second kappa shape index (κ2) is 6.45. The molecule has 2 nitrogen and oxygen atoms in total. The summed E-state index contributed by atoms with van der Waals surface area (Å²) >= 11 is 1.79. The van der Waals surface area contributed by atoms with Crippen LogP contribution in [-0.4, -0.2) is 18.2 Å². The predicted octanol–water partition coefficient (Wildman–Crippen LogP) is 4.03. The van der Waals surface area contributed by atoms with Crippen LogP contribution < -0.4 is 5.32 Å². The monoisotopic (exact) mass is 313 g/mol. The molecule has 2 aromatic carbocycles. The molecule has 0 bridgehead atoms. The number of hydrogen-bond donors (Lipinski definition) is 2. The highest BCUT2D eigenvalue weighted by Gasteiger charge is 2.30. The Hall–Kier alpha value is -1.29. The minimum absolute atomic E-state index is 0.659. The molecule has 0 atom stereocenters. The standard InChI is InChI=1S/C19H23NOS/c1-14-3-4-15(2)18(13-14)22-17-7-5-16(6-8-17)19(21)9-11-20-12-10-19/h3-8,13,20-21H,9-12H2,1-2H3. The molecule has 3 rings (SSSR count). The van der Waals surface area contributed by atoms with Gasteiger partial charge in [-0.05, 0) is 74.7 Å². The topological polar surface area (TPSA) is 32.3 Å². The van der Waals surface area contributed by atoms with Crippen LogP contribution in [0.2, 0.25) is 0 Å². The zero-order chi connectivity index (χ0) is 15.6. The van der Waals surface area contributed by atoms with Gasteiger partial charge >= 0.3 is 0 Å². The number of piperidine rings is 1. The Kier molecular flexibility index (Phi) is 4.57. The molecule has 1 saturated heterocycles. The van der Waals surface area contributed by atoms with Crippen molar-refractivity contribution >= 4 is 11.8 Å². The molecule has 0 saturated carbocycles. The van der Waals surface area contributed by atoms with Crippen LogP contribution in [-0.2, 0) is 5.60 Å². The van der Waals surface area contributed by atoms with Gasteiger partial charge in [0, 0.05) is 9.79 Å². The summed E-state index contributed by atoms with van der Waals surface area (Å²) in [6, 6.07) is 15.0. The molecule has 2 aromatic rings. The van der Waals surface area contributed by atoms with Crippen molar-refractivity contribution in [3.8, 4) is 0 Å². The number of aliphatic hydroxyl groups is 1. The van der Waals surface area contributed by atoms with E-state index in [9.17, 15) is 5.11 Å². The zero-order valence-corrected chi connectivity index (χ0v) is 14.0. The van der Waals surface area contributed by atoms with E-state index in [0.717, 1.165) is 31.5 Å². The maximum Gasteiger partial charge on any atom is 0.0920 e. The molecular weight excluding hydrogens is 290 g/mol. The van der Waals surface area contributed by atoms with Crippen LogP contribution in [0, 0.1) is 13.8 Å². The number of benzene rings is 2. The quantitative estimate of drug-likeness (QED) is 0.897. The van der Waals surface area contributed by atoms with Gasteiger partial charge in [0.2, 0.25) is 0 Å². The van der Waals surface area contributed by atoms with Gasteiger partial charge in [0.1, 0.15) is 0 Å². The van der Waals surface area contributed by atoms with Crippen molar-refractivity contribution in [1.29, 1.82) is 0 Å². The Morgan fingerprint density at radius 3 is 2.36 bits per heavy atom. The summed E-state index contributed by atoms with van der Waals surface area (Å²) in [5.41, 5.74) is 2.97. The van der Waals surface area contributed by atoms with E-state index in [0.29, 0.717) is 0 Å². The molecule has 2 N–H and O–H groups in total. The van der Waals surface area contributed by atoms with E-state index < -0.39 is 5.60 Å². The predicted molar refractivity (Wildman–Crippen MR) is 92.5 cm³/mol. The molecule has 0 aromatic heterocycles. The third-order valence-electron chi connectivity index (χ3n) is 4.39. The molecule has 1 aliphatic rings. The highest BCUT2D eigenvalue weighted by atomic mass is 32.2. The SMILES string of the molecule is Cc1ccc(C)c(Sc2ccc(C3(O)CCNCC3)cc2)c1. The number of rotatable bonds is 3. The lowest BCUT2D eigenvalue weighted by molar-refractivity contribution is 0.00590. The molecule has 1 aliphatic heterocycles. The van der Waals surface area contributed by atoms with E-state index in [1.165, 1.54) is 20.9 Å². The molecule has 3 heteroatoms. The average molecular weight is 313 g/mol. The Bertz CT molecular complexity index is 645. The number of nitrogens with one attached hydrogen (secondary N) is 1. The highest BCUT2D eigenvalue weighted by Crippen LogP contribution is 2.34. The van der Waals surface area contributed by atoms with Crippen molar-refractivity contribution in [1.82, 2.24) is 5.32 Å². The maximum absolute atomic E-state index is 10.8. The van der Waals surface area contributed by atoms with Crippen LogP contribution in [0.25, 0.3) is 0 Å². The van der Waals surface area contributed by atoms with Crippen molar-refractivity contribution < 1.29 is 5.11 Å². The van der Waals surface area contributed by atoms with Crippen LogP contribution in [0.5, 0.6) is 0 Å². The molecule has 22 heavy (non-hydrogen) atoms. The summed E-state index contributed by atoms with van der Waals surface area (Å²) < 4.78 is 0.